The molecule has 0 saturated heterocycles. The molecule has 0 unspecified atom stereocenters. The molecule has 0 amide bonds. The van der Waals surface area contributed by atoms with Crippen LogP contribution < -0.4 is 0 Å². The zero-order valence-electron chi connectivity index (χ0n) is 14.3. The van der Waals surface area contributed by atoms with Crippen molar-refractivity contribution in [2.45, 2.75) is 42.6 Å². The van der Waals surface area contributed by atoms with Crippen molar-refractivity contribution in [3.8, 4) is 0 Å². The fourth-order valence-corrected chi connectivity index (χ4v) is 4.68. The molecule has 1 saturated carbocycles. The van der Waals surface area contributed by atoms with Gasteiger partial charge in [0.2, 0.25) is 0 Å². The molecule has 0 radical (unpaired) electrons. The third-order valence-corrected chi connectivity index (χ3v) is 6.52. The molecule has 0 aliphatic heterocycles. The molecule has 1 aromatic carbocycles. The number of rotatable bonds is 7. The van der Waals surface area contributed by atoms with Gasteiger partial charge in [-0.1, -0.05) is 29.4 Å². The Morgan fingerprint density at radius 2 is 2.08 bits per heavy atom. The van der Waals surface area contributed by atoms with E-state index in [9.17, 15) is 4.79 Å². The molecule has 0 spiro atoms. The van der Waals surface area contributed by atoms with E-state index < -0.39 is 0 Å². The predicted octanol–water partition coefficient (Wildman–Crippen LogP) is 5.28. The maximum atomic E-state index is 12.7. The average molecular weight is 404 g/mol. The number of thioether (sulfide) groups is 1. The second kappa shape index (κ2) is 7.55. The van der Waals surface area contributed by atoms with Crippen molar-refractivity contribution in [3.05, 3.63) is 63.1 Å². The molecule has 4 nitrogen and oxygen atoms in total. The Morgan fingerprint density at radius 1 is 1.31 bits per heavy atom. The minimum absolute atomic E-state index is 0.0804. The van der Waals surface area contributed by atoms with E-state index in [1.807, 2.05) is 6.92 Å². The van der Waals surface area contributed by atoms with Gasteiger partial charge in [0, 0.05) is 27.9 Å². The van der Waals surface area contributed by atoms with Crippen LogP contribution in [0.2, 0.25) is 5.02 Å². The number of hydrogen-bond donors (Lipinski definition) is 0. The zero-order chi connectivity index (χ0) is 18.1. The van der Waals surface area contributed by atoms with Crippen molar-refractivity contribution < 1.29 is 4.79 Å². The van der Waals surface area contributed by atoms with Crippen LogP contribution >= 0.6 is 34.7 Å². The van der Waals surface area contributed by atoms with Crippen LogP contribution in [0.5, 0.6) is 0 Å². The SMILES string of the molecule is C[C@H](Sc1nnc(Cc2cccs2)n1C1CC1)C(=O)c1ccc(Cl)cc1. The van der Waals surface area contributed by atoms with Gasteiger partial charge in [-0.15, -0.1) is 21.5 Å². The fraction of sp³-hybridized carbons (Fsp3) is 0.316. The van der Waals surface area contributed by atoms with Gasteiger partial charge in [-0.05, 0) is 55.5 Å². The molecule has 1 fully saturated rings. The lowest BCUT2D eigenvalue weighted by molar-refractivity contribution is 0.0994. The standard InChI is InChI=1S/C19H18ClN3OS2/c1-12(18(24)13-4-6-14(20)7-5-13)26-19-22-21-17(23(19)15-8-9-15)11-16-3-2-10-25-16/h2-7,10,12,15H,8-9,11H2,1H3/t12-/m0/s1. The van der Waals surface area contributed by atoms with Crippen molar-refractivity contribution in [2.75, 3.05) is 0 Å². The average Bonchev–Trinajstić information content (AvgIpc) is 3.20. The summed E-state index contributed by atoms with van der Waals surface area (Å²) in [6.45, 7) is 1.92. The van der Waals surface area contributed by atoms with Crippen LogP contribution in [-0.4, -0.2) is 25.8 Å². The Kier molecular flexibility index (Phi) is 5.16. The van der Waals surface area contributed by atoms with Gasteiger partial charge in [0.05, 0.1) is 5.25 Å². The predicted molar refractivity (Wildman–Crippen MR) is 107 cm³/mol. The van der Waals surface area contributed by atoms with E-state index in [-0.39, 0.29) is 11.0 Å². The van der Waals surface area contributed by atoms with Gasteiger partial charge >= 0.3 is 0 Å². The molecule has 7 heteroatoms. The molecule has 26 heavy (non-hydrogen) atoms. The summed E-state index contributed by atoms with van der Waals surface area (Å²) >= 11 is 9.13. The maximum Gasteiger partial charge on any atom is 0.192 e. The lowest BCUT2D eigenvalue weighted by Crippen LogP contribution is -2.15. The minimum Gasteiger partial charge on any atom is -0.303 e. The largest absolute Gasteiger partial charge is 0.303 e. The number of benzene rings is 1. The number of halogens is 1. The van der Waals surface area contributed by atoms with Crippen LogP contribution in [0.1, 0.15) is 46.9 Å². The molecule has 2 heterocycles. The van der Waals surface area contributed by atoms with E-state index in [4.69, 9.17) is 11.6 Å². The van der Waals surface area contributed by atoms with E-state index in [1.54, 1.807) is 35.6 Å². The van der Waals surface area contributed by atoms with E-state index in [0.717, 1.165) is 30.2 Å². The summed E-state index contributed by atoms with van der Waals surface area (Å²) in [7, 11) is 0. The van der Waals surface area contributed by atoms with Gasteiger partial charge < -0.3 is 4.57 Å². The normalized spacial score (nSPS) is 15.2. The first-order chi connectivity index (χ1) is 12.6. The van der Waals surface area contributed by atoms with Gasteiger partial charge in [0.15, 0.2) is 10.9 Å². The number of ketones is 1. The lowest BCUT2D eigenvalue weighted by Gasteiger charge is -2.12. The molecular formula is C19H18ClN3OS2. The third kappa shape index (κ3) is 3.87. The molecule has 1 atom stereocenters. The summed E-state index contributed by atoms with van der Waals surface area (Å²) in [6, 6.07) is 11.7. The highest BCUT2D eigenvalue weighted by Crippen LogP contribution is 2.40. The molecule has 0 bridgehead atoms. The van der Waals surface area contributed by atoms with E-state index in [2.05, 4.69) is 32.3 Å². The van der Waals surface area contributed by atoms with Crippen LogP contribution in [0.15, 0.2) is 46.9 Å². The minimum atomic E-state index is -0.229. The number of Topliss-reactive ketones (excluding diaryl/α,β-unsaturated/α-hetero) is 1. The molecule has 4 rings (SSSR count). The Labute approximate surface area is 165 Å². The highest BCUT2D eigenvalue weighted by Gasteiger charge is 2.31. The van der Waals surface area contributed by atoms with Gasteiger partial charge in [-0.2, -0.15) is 0 Å². The first kappa shape index (κ1) is 17.8. The Bertz CT molecular complexity index is 902. The van der Waals surface area contributed by atoms with Crippen molar-refractivity contribution in [2.24, 2.45) is 0 Å². The first-order valence-electron chi connectivity index (χ1n) is 8.54. The van der Waals surface area contributed by atoms with Crippen molar-refractivity contribution >= 4 is 40.5 Å². The second-order valence-electron chi connectivity index (χ2n) is 6.39. The lowest BCUT2D eigenvalue weighted by atomic mass is 10.1. The van der Waals surface area contributed by atoms with E-state index >= 15 is 0 Å². The number of carbonyl (C=O) groups excluding carboxylic acids is 1. The van der Waals surface area contributed by atoms with Crippen molar-refractivity contribution in [1.82, 2.24) is 14.8 Å². The van der Waals surface area contributed by atoms with Crippen LogP contribution in [-0.2, 0) is 6.42 Å². The zero-order valence-corrected chi connectivity index (χ0v) is 16.7. The summed E-state index contributed by atoms with van der Waals surface area (Å²) in [5.74, 6) is 1.07. The highest BCUT2D eigenvalue weighted by molar-refractivity contribution is 8.00. The Morgan fingerprint density at radius 3 is 2.73 bits per heavy atom. The smallest absolute Gasteiger partial charge is 0.192 e. The quantitative estimate of drug-likeness (QED) is 0.397. The molecule has 2 aromatic heterocycles. The number of carbonyl (C=O) groups is 1. The summed E-state index contributed by atoms with van der Waals surface area (Å²) < 4.78 is 2.23. The first-order valence-corrected chi connectivity index (χ1v) is 10.7. The van der Waals surface area contributed by atoms with Gasteiger partial charge in [-0.3, -0.25) is 4.79 Å². The fourth-order valence-electron chi connectivity index (χ4n) is 2.84. The van der Waals surface area contributed by atoms with E-state index in [0.29, 0.717) is 16.6 Å². The van der Waals surface area contributed by atoms with Crippen molar-refractivity contribution in [1.29, 1.82) is 0 Å². The Balaban J connectivity index is 1.53. The third-order valence-electron chi connectivity index (χ3n) is 4.34. The molecule has 0 N–H and O–H groups in total. The molecule has 1 aliphatic rings. The topological polar surface area (TPSA) is 47.8 Å². The van der Waals surface area contributed by atoms with Gasteiger partial charge in [-0.25, -0.2) is 0 Å². The van der Waals surface area contributed by atoms with Crippen LogP contribution in [0, 0.1) is 0 Å². The monoisotopic (exact) mass is 403 g/mol. The number of hydrogen-bond acceptors (Lipinski definition) is 5. The van der Waals surface area contributed by atoms with Crippen LogP contribution in [0.25, 0.3) is 0 Å². The van der Waals surface area contributed by atoms with Crippen molar-refractivity contribution in [3.63, 3.8) is 0 Å². The molecular weight excluding hydrogens is 386 g/mol. The van der Waals surface area contributed by atoms with Crippen LogP contribution in [0.4, 0.5) is 0 Å². The van der Waals surface area contributed by atoms with Crippen LogP contribution in [0.3, 0.4) is 0 Å². The summed E-state index contributed by atoms with van der Waals surface area (Å²) in [4.78, 5) is 14.0. The van der Waals surface area contributed by atoms with Gasteiger partial charge in [0.25, 0.3) is 0 Å². The number of nitrogens with zero attached hydrogens (tertiary/aromatic N) is 3. The molecule has 1 aliphatic carbocycles. The molecule has 134 valence electrons. The van der Waals surface area contributed by atoms with E-state index in [1.165, 1.54) is 16.6 Å². The van der Waals surface area contributed by atoms with Gasteiger partial charge in [0.1, 0.15) is 5.82 Å². The second-order valence-corrected chi connectivity index (χ2v) is 9.16. The summed E-state index contributed by atoms with van der Waals surface area (Å²) in [5, 5.41) is 12.1. The molecule has 3 aromatic rings. The Hall–Kier alpha value is -1.63. The highest BCUT2D eigenvalue weighted by atomic mass is 35.5. The number of thiophene rings is 1. The number of aromatic nitrogens is 3. The summed E-state index contributed by atoms with van der Waals surface area (Å²) in [6.07, 6.45) is 3.10. The maximum absolute atomic E-state index is 12.7. The summed E-state index contributed by atoms with van der Waals surface area (Å²) in [5.41, 5.74) is 0.672.